The van der Waals surface area contributed by atoms with Gasteiger partial charge in [-0.25, -0.2) is 14.1 Å². The first-order valence-electron chi connectivity index (χ1n) is 20.3. The average molecular weight is 849 g/mol. The summed E-state index contributed by atoms with van der Waals surface area (Å²) in [6, 6.07) is 15.1. The summed E-state index contributed by atoms with van der Waals surface area (Å²) in [5.41, 5.74) is 5.13. The van der Waals surface area contributed by atoms with Gasteiger partial charge in [0.1, 0.15) is 35.8 Å². The zero-order valence-corrected chi connectivity index (χ0v) is 36.9. The second-order valence-electron chi connectivity index (χ2n) is 16.7. The highest BCUT2D eigenvalue weighted by Crippen LogP contribution is 2.50. The number of benzene rings is 2. The summed E-state index contributed by atoms with van der Waals surface area (Å²) in [6.45, 7) is 17.7. The highest BCUT2D eigenvalue weighted by molar-refractivity contribution is 7.52. The van der Waals surface area contributed by atoms with E-state index >= 15 is 4.57 Å². The Kier molecular flexibility index (Phi) is 14.3. The summed E-state index contributed by atoms with van der Waals surface area (Å²) in [6.07, 6.45) is -1.72. The van der Waals surface area contributed by atoms with Crippen LogP contribution in [0.3, 0.4) is 0 Å². The molecular weight excluding hydrogens is 791 g/mol. The number of nitrogens with one attached hydrogen (secondary N) is 1. The molecule has 0 amide bonds. The predicted octanol–water partition coefficient (Wildman–Crippen LogP) is 7.18. The fourth-order valence-corrected chi connectivity index (χ4v) is 8.39. The first-order chi connectivity index (χ1) is 28.3. The molecule has 0 bridgehead atoms. The van der Waals surface area contributed by atoms with Crippen molar-refractivity contribution >= 4 is 47.8 Å². The molecule has 3 heterocycles. The lowest BCUT2D eigenvalue weighted by Crippen LogP contribution is -2.47. The molecular formula is C43H57N6O10P. The number of esters is 3. The van der Waals surface area contributed by atoms with Gasteiger partial charge in [0.15, 0.2) is 18.0 Å². The molecule has 60 heavy (non-hydrogen) atoms. The van der Waals surface area contributed by atoms with E-state index in [1.807, 2.05) is 44.2 Å². The largest absolute Gasteiger partial charge is 0.464 e. The van der Waals surface area contributed by atoms with E-state index in [1.54, 1.807) is 39.8 Å². The maximum absolute atomic E-state index is 15.2. The molecule has 17 heteroatoms. The van der Waals surface area contributed by atoms with Crippen molar-refractivity contribution in [2.45, 2.75) is 117 Å². The van der Waals surface area contributed by atoms with Gasteiger partial charge in [0, 0.05) is 5.39 Å². The van der Waals surface area contributed by atoms with Crippen LogP contribution in [0.1, 0.15) is 93.3 Å². The fraction of sp³-hybridized carbons (Fsp3) is 0.535. The summed E-state index contributed by atoms with van der Waals surface area (Å²) in [5.74, 6) is -2.99. The molecule has 3 N–H and O–H groups in total. The Labute approximate surface area is 351 Å². The standard InChI is InChI=1S/C43H57N6O10P/c1-11-28(12-2)21-54-41(52)27(7)48-60(53,59-33-19-17-31(42(8,9)10)29-15-13-14-16-30(29)33)55-22-34-36(56-39(50)25(3)4)37(57-40(51)26(5)6)43(23-44,58-34)35-20-18-32-38(45)46-24-47-49(32)35/h13-20,24-28,34,36-37H,11-12,21-22H2,1-10H3,(H,48,53)(H2,45,46,47)/t27-,34+,36+,37+,43-,60?/m0/s1. The fourth-order valence-electron chi connectivity index (χ4n) is 6.87. The third-order valence-electron chi connectivity index (χ3n) is 10.5. The molecule has 1 fully saturated rings. The third-order valence-corrected chi connectivity index (χ3v) is 12.1. The number of nitriles is 1. The van der Waals surface area contributed by atoms with Crippen LogP contribution in [0, 0.1) is 29.1 Å². The van der Waals surface area contributed by atoms with Crippen molar-refractivity contribution in [3.8, 4) is 11.8 Å². The Hall–Kier alpha value is -5.07. The van der Waals surface area contributed by atoms with Gasteiger partial charge in [0.05, 0.1) is 30.7 Å². The van der Waals surface area contributed by atoms with Crippen LogP contribution in [0.4, 0.5) is 5.82 Å². The molecule has 0 saturated carbocycles. The number of carbonyl (C=O) groups excluding carboxylic acids is 3. The number of nitrogen functional groups attached to an aromatic ring is 1. The van der Waals surface area contributed by atoms with E-state index in [0.717, 1.165) is 23.8 Å². The van der Waals surface area contributed by atoms with E-state index in [1.165, 1.54) is 23.8 Å². The van der Waals surface area contributed by atoms with Gasteiger partial charge in [0.2, 0.25) is 5.60 Å². The zero-order chi connectivity index (χ0) is 44.2. The monoisotopic (exact) mass is 848 g/mol. The summed E-state index contributed by atoms with van der Waals surface area (Å²) < 4.78 is 53.1. The number of hydrogen-bond donors (Lipinski definition) is 2. The third kappa shape index (κ3) is 9.76. The molecule has 0 spiro atoms. The maximum atomic E-state index is 15.2. The second-order valence-corrected chi connectivity index (χ2v) is 18.4. The van der Waals surface area contributed by atoms with Crippen LogP contribution in [0.15, 0.2) is 54.9 Å². The normalized spacial score (nSPS) is 20.9. The number of fused-ring (bicyclic) bond motifs is 2. The first kappa shape index (κ1) is 46.0. The lowest BCUT2D eigenvalue weighted by Gasteiger charge is -2.29. The SMILES string of the molecule is CCC(CC)COC(=O)[C@H](C)NP(=O)(OC[C@H]1O[C@@](C#N)(c2ccc3c(N)ncnn23)[C@H](OC(=O)C(C)C)[C@@H]1OC(=O)C(C)C)Oc1ccc(C(C)(C)C)c2ccccc12. The molecule has 16 nitrogen and oxygen atoms in total. The number of aromatic nitrogens is 3. The Morgan fingerprint density at radius 3 is 2.23 bits per heavy atom. The Morgan fingerprint density at radius 2 is 1.62 bits per heavy atom. The van der Waals surface area contributed by atoms with Crippen LogP contribution >= 0.6 is 7.75 Å². The zero-order valence-electron chi connectivity index (χ0n) is 36.0. The highest BCUT2D eigenvalue weighted by Gasteiger charge is 2.63. The van der Waals surface area contributed by atoms with Crippen molar-refractivity contribution in [1.29, 1.82) is 5.26 Å². The number of rotatable bonds is 17. The van der Waals surface area contributed by atoms with E-state index in [9.17, 15) is 19.6 Å². The second kappa shape index (κ2) is 18.7. The van der Waals surface area contributed by atoms with E-state index in [2.05, 4.69) is 42.0 Å². The van der Waals surface area contributed by atoms with Crippen molar-refractivity contribution in [3.05, 3.63) is 66.1 Å². The van der Waals surface area contributed by atoms with Gasteiger partial charge in [0.25, 0.3) is 0 Å². The molecule has 5 rings (SSSR count). The average Bonchev–Trinajstić information content (AvgIpc) is 3.77. The minimum absolute atomic E-state index is 0.0838. The predicted molar refractivity (Wildman–Crippen MR) is 223 cm³/mol. The molecule has 0 radical (unpaired) electrons. The van der Waals surface area contributed by atoms with Gasteiger partial charge < -0.3 is 29.2 Å². The molecule has 2 aromatic heterocycles. The van der Waals surface area contributed by atoms with E-state index < -0.39 is 74.1 Å². The molecule has 4 aromatic rings. The molecule has 1 aliphatic rings. The van der Waals surface area contributed by atoms with Crippen molar-refractivity contribution < 1.29 is 46.9 Å². The number of nitrogens with zero attached hydrogens (tertiary/aromatic N) is 4. The number of carbonyl (C=O) groups is 3. The van der Waals surface area contributed by atoms with E-state index in [-0.39, 0.29) is 35.2 Å². The lowest BCUT2D eigenvalue weighted by molar-refractivity contribution is -0.173. The first-order valence-corrected chi connectivity index (χ1v) is 21.8. The van der Waals surface area contributed by atoms with Gasteiger partial charge in [-0.05, 0) is 47.4 Å². The topological polar surface area (TPSA) is 216 Å². The van der Waals surface area contributed by atoms with Crippen LogP contribution in [-0.4, -0.2) is 70.1 Å². The Balaban J connectivity index is 1.60. The molecule has 1 unspecified atom stereocenters. The van der Waals surface area contributed by atoms with Crippen molar-refractivity contribution in [2.24, 2.45) is 17.8 Å². The molecule has 6 atom stereocenters. The van der Waals surface area contributed by atoms with E-state index in [4.69, 9.17) is 33.7 Å². The number of anilines is 1. The minimum atomic E-state index is -4.63. The Bertz CT molecular complexity index is 2280. The summed E-state index contributed by atoms with van der Waals surface area (Å²) in [7, 11) is -4.63. The quantitative estimate of drug-likeness (QED) is 0.0611. The van der Waals surface area contributed by atoms with Crippen LogP contribution < -0.4 is 15.3 Å². The molecule has 1 saturated heterocycles. The molecule has 1 aliphatic heterocycles. The van der Waals surface area contributed by atoms with Gasteiger partial charge in [-0.15, -0.1) is 0 Å². The smallest absolute Gasteiger partial charge is 0.459 e. The van der Waals surface area contributed by atoms with Gasteiger partial charge >= 0.3 is 25.7 Å². The van der Waals surface area contributed by atoms with Crippen LogP contribution in [0.5, 0.6) is 5.75 Å². The van der Waals surface area contributed by atoms with Crippen molar-refractivity contribution in [3.63, 3.8) is 0 Å². The van der Waals surface area contributed by atoms with Crippen molar-refractivity contribution in [1.82, 2.24) is 19.7 Å². The van der Waals surface area contributed by atoms with Crippen LogP contribution in [0.2, 0.25) is 0 Å². The van der Waals surface area contributed by atoms with Crippen molar-refractivity contribution in [2.75, 3.05) is 18.9 Å². The summed E-state index contributed by atoms with van der Waals surface area (Å²) in [4.78, 5) is 44.1. The van der Waals surface area contributed by atoms with Gasteiger partial charge in [-0.2, -0.15) is 15.4 Å². The van der Waals surface area contributed by atoms with Crippen LogP contribution in [-0.2, 0) is 53.4 Å². The molecule has 324 valence electrons. The van der Waals surface area contributed by atoms with Crippen LogP contribution in [0.25, 0.3) is 16.3 Å². The minimum Gasteiger partial charge on any atom is -0.464 e. The summed E-state index contributed by atoms with van der Waals surface area (Å²) >= 11 is 0. The highest BCUT2D eigenvalue weighted by atomic mass is 31.2. The number of hydrogen-bond acceptors (Lipinski definition) is 14. The Morgan fingerprint density at radius 1 is 0.967 bits per heavy atom. The maximum Gasteiger partial charge on any atom is 0.459 e. The molecule has 2 aromatic carbocycles. The van der Waals surface area contributed by atoms with Gasteiger partial charge in [-0.3, -0.25) is 18.9 Å². The van der Waals surface area contributed by atoms with Gasteiger partial charge in [-0.1, -0.05) is 105 Å². The summed E-state index contributed by atoms with van der Waals surface area (Å²) in [5, 5.41) is 19.6. The number of nitrogens with two attached hydrogens (primary N) is 1. The van der Waals surface area contributed by atoms with E-state index in [0.29, 0.717) is 10.9 Å². The molecule has 0 aliphatic carbocycles. The lowest BCUT2D eigenvalue weighted by atomic mass is 9.83. The number of ether oxygens (including phenoxy) is 4.